The zero-order valence-corrected chi connectivity index (χ0v) is 13.0. The average Bonchev–Trinajstić information content (AvgIpc) is 2.84. The number of hydrogen-bond acceptors (Lipinski definition) is 5. The lowest BCUT2D eigenvalue weighted by Gasteiger charge is -2.25. The Bertz CT molecular complexity index is 531. The van der Waals surface area contributed by atoms with Crippen molar-refractivity contribution in [1.82, 2.24) is 4.31 Å². The highest BCUT2D eigenvalue weighted by Gasteiger charge is 2.28. The minimum atomic E-state index is -3.47. The molecule has 0 saturated carbocycles. The molecule has 1 aromatic heterocycles. The standard InChI is InChI=1S/C11H16N2O2S3/c1-4-9(8-16-3)13(2)18(14,15)11-6-5-10(7-12)17-11/h5-6,9H,4,8H2,1-3H3. The van der Waals surface area contributed by atoms with Crippen molar-refractivity contribution in [3.63, 3.8) is 0 Å². The van der Waals surface area contributed by atoms with E-state index in [1.807, 2.05) is 19.2 Å². The quantitative estimate of drug-likeness (QED) is 0.809. The van der Waals surface area contributed by atoms with Gasteiger partial charge in [-0.05, 0) is 24.8 Å². The minimum Gasteiger partial charge on any atom is -0.206 e. The molecule has 0 amide bonds. The Balaban J connectivity index is 3.02. The van der Waals surface area contributed by atoms with Crippen LogP contribution in [0.5, 0.6) is 0 Å². The van der Waals surface area contributed by atoms with Gasteiger partial charge in [0.25, 0.3) is 10.0 Å². The van der Waals surface area contributed by atoms with Crippen molar-refractivity contribution >= 4 is 33.1 Å². The molecular weight excluding hydrogens is 288 g/mol. The Morgan fingerprint density at radius 2 is 2.22 bits per heavy atom. The molecule has 1 unspecified atom stereocenters. The van der Waals surface area contributed by atoms with Crippen LogP contribution in [0.1, 0.15) is 18.2 Å². The first-order chi connectivity index (χ1) is 8.47. The molecule has 0 aliphatic rings. The van der Waals surface area contributed by atoms with Gasteiger partial charge in [-0.1, -0.05) is 6.92 Å². The van der Waals surface area contributed by atoms with E-state index in [-0.39, 0.29) is 10.3 Å². The highest BCUT2D eigenvalue weighted by molar-refractivity contribution is 7.98. The van der Waals surface area contributed by atoms with Crippen LogP contribution >= 0.6 is 23.1 Å². The van der Waals surface area contributed by atoms with Crippen LogP contribution in [0.3, 0.4) is 0 Å². The van der Waals surface area contributed by atoms with E-state index in [0.717, 1.165) is 23.5 Å². The van der Waals surface area contributed by atoms with Crippen LogP contribution in [0, 0.1) is 11.3 Å². The second-order valence-electron chi connectivity index (χ2n) is 3.77. The summed E-state index contributed by atoms with van der Waals surface area (Å²) in [6.07, 6.45) is 2.73. The van der Waals surface area contributed by atoms with Crippen molar-refractivity contribution in [2.24, 2.45) is 0 Å². The monoisotopic (exact) mass is 304 g/mol. The van der Waals surface area contributed by atoms with E-state index in [2.05, 4.69) is 0 Å². The molecule has 0 aliphatic carbocycles. The second-order valence-corrected chi connectivity index (χ2v) is 7.99. The Labute approximate surface area is 117 Å². The normalized spacial score (nSPS) is 13.5. The van der Waals surface area contributed by atoms with E-state index in [9.17, 15) is 8.42 Å². The Morgan fingerprint density at radius 3 is 2.67 bits per heavy atom. The molecule has 0 fully saturated rings. The van der Waals surface area contributed by atoms with E-state index in [1.165, 1.54) is 10.4 Å². The van der Waals surface area contributed by atoms with Crippen molar-refractivity contribution in [3.8, 4) is 6.07 Å². The summed E-state index contributed by atoms with van der Waals surface area (Å²) in [5.74, 6) is 0.767. The lowest BCUT2D eigenvalue weighted by Crippen LogP contribution is -2.37. The molecule has 0 N–H and O–H groups in total. The number of rotatable bonds is 6. The molecule has 100 valence electrons. The predicted molar refractivity (Wildman–Crippen MR) is 76.4 cm³/mol. The topological polar surface area (TPSA) is 61.2 Å². The lowest BCUT2D eigenvalue weighted by atomic mass is 10.3. The number of hydrogen-bond donors (Lipinski definition) is 0. The molecule has 0 radical (unpaired) electrons. The maximum atomic E-state index is 12.4. The zero-order valence-electron chi connectivity index (χ0n) is 10.6. The maximum Gasteiger partial charge on any atom is 0.252 e. The lowest BCUT2D eigenvalue weighted by molar-refractivity contribution is 0.386. The third-order valence-corrected chi connectivity index (χ3v) is 6.75. The number of thiophene rings is 1. The van der Waals surface area contributed by atoms with Crippen LogP contribution in [-0.2, 0) is 10.0 Å². The molecule has 1 heterocycles. The van der Waals surface area contributed by atoms with Gasteiger partial charge in [-0.15, -0.1) is 11.3 Å². The first-order valence-electron chi connectivity index (χ1n) is 5.44. The Hall–Kier alpha value is -0.550. The van der Waals surface area contributed by atoms with Gasteiger partial charge in [0.2, 0.25) is 0 Å². The van der Waals surface area contributed by atoms with E-state index < -0.39 is 10.0 Å². The van der Waals surface area contributed by atoms with Gasteiger partial charge < -0.3 is 0 Å². The molecule has 0 saturated heterocycles. The first-order valence-corrected chi connectivity index (χ1v) is 9.09. The highest BCUT2D eigenvalue weighted by Crippen LogP contribution is 2.26. The fourth-order valence-electron chi connectivity index (χ4n) is 1.53. The van der Waals surface area contributed by atoms with Crippen molar-refractivity contribution in [1.29, 1.82) is 5.26 Å². The third kappa shape index (κ3) is 3.26. The van der Waals surface area contributed by atoms with Gasteiger partial charge in [-0.25, -0.2) is 8.42 Å². The molecule has 0 bridgehead atoms. The van der Waals surface area contributed by atoms with Gasteiger partial charge >= 0.3 is 0 Å². The Kier molecular flexibility index (Phi) is 5.66. The zero-order chi connectivity index (χ0) is 13.8. The summed E-state index contributed by atoms with van der Waals surface area (Å²) in [5, 5.41) is 8.74. The molecule has 1 aromatic rings. The fourth-order valence-corrected chi connectivity index (χ4v) is 5.19. The number of sulfonamides is 1. The average molecular weight is 304 g/mol. The summed E-state index contributed by atoms with van der Waals surface area (Å²) < 4.78 is 26.4. The molecule has 1 rings (SSSR count). The molecular formula is C11H16N2O2S3. The maximum absolute atomic E-state index is 12.4. The van der Waals surface area contributed by atoms with Gasteiger partial charge in [0.1, 0.15) is 15.2 Å². The minimum absolute atomic E-state index is 0.0161. The number of nitriles is 1. The third-order valence-electron chi connectivity index (χ3n) is 2.67. The van der Waals surface area contributed by atoms with Crippen molar-refractivity contribution < 1.29 is 8.42 Å². The van der Waals surface area contributed by atoms with E-state index in [0.29, 0.717) is 4.88 Å². The van der Waals surface area contributed by atoms with Gasteiger partial charge in [-0.3, -0.25) is 0 Å². The molecule has 0 spiro atoms. The summed E-state index contributed by atoms with van der Waals surface area (Å²) in [6.45, 7) is 1.97. The number of nitrogens with zero attached hydrogens (tertiary/aromatic N) is 2. The summed E-state index contributed by atoms with van der Waals surface area (Å²) >= 11 is 2.65. The van der Waals surface area contributed by atoms with Crippen molar-refractivity contribution in [3.05, 3.63) is 17.0 Å². The molecule has 7 heteroatoms. The van der Waals surface area contributed by atoms with Crippen LogP contribution < -0.4 is 0 Å². The molecule has 18 heavy (non-hydrogen) atoms. The Morgan fingerprint density at radius 1 is 1.56 bits per heavy atom. The molecule has 1 atom stereocenters. The van der Waals surface area contributed by atoms with E-state index in [1.54, 1.807) is 24.9 Å². The second kappa shape index (κ2) is 6.57. The fraction of sp³-hybridized carbons (Fsp3) is 0.545. The number of thioether (sulfide) groups is 1. The van der Waals surface area contributed by atoms with Crippen LogP contribution in [0.15, 0.2) is 16.3 Å². The molecule has 0 aliphatic heterocycles. The van der Waals surface area contributed by atoms with Gasteiger partial charge in [0.15, 0.2) is 0 Å². The largest absolute Gasteiger partial charge is 0.252 e. The summed E-state index contributed by atoms with van der Waals surface area (Å²) in [5.41, 5.74) is 0. The van der Waals surface area contributed by atoms with E-state index in [4.69, 9.17) is 5.26 Å². The van der Waals surface area contributed by atoms with Crippen LogP contribution in [0.2, 0.25) is 0 Å². The van der Waals surface area contributed by atoms with Crippen molar-refractivity contribution in [2.45, 2.75) is 23.6 Å². The first kappa shape index (κ1) is 15.5. The van der Waals surface area contributed by atoms with Gasteiger partial charge in [0.05, 0.1) is 0 Å². The summed E-state index contributed by atoms with van der Waals surface area (Å²) in [7, 11) is -1.87. The van der Waals surface area contributed by atoms with Crippen LogP contribution in [0.4, 0.5) is 0 Å². The van der Waals surface area contributed by atoms with Gasteiger partial charge in [-0.2, -0.15) is 21.3 Å². The predicted octanol–water partition coefficient (Wildman–Crippen LogP) is 2.38. The molecule has 4 nitrogen and oxygen atoms in total. The van der Waals surface area contributed by atoms with Crippen LogP contribution in [0.25, 0.3) is 0 Å². The highest BCUT2D eigenvalue weighted by atomic mass is 32.2. The molecule has 0 aromatic carbocycles. The van der Waals surface area contributed by atoms with Crippen LogP contribution in [-0.4, -0.2) is 37.8 Å². The SMILES string of the molecule is CCC(CSC)N(C)S(=O)(=O)c1ccc(C#N)s1. The smallest absolute Gasteiger partial charge is 0.206 e. The van der Waals surface area contributed by atoms with Crippen molar-refractivity contribution in [2.75, 3.05) is 19.1 Å². The summed E-state index contributed by atoms with van der Waals surface area (Å²) in [4.78, 5) is 0.417. The van der Waals surface area contributed by atoms with E-state index >= 15 is 0 Å². The van der Waals surface area contributed by atoms with Gasteiger partial charge in [0, 0.05) is 18.8 Å². The summed E-state index contributed by atoms with van der Waals surface area (Å²) in [6, 6.07) is 4.99.